The van der Waals surface area contributed by atoms with Crippen LogP contribution in [0, 0.1) is 10.5 Å². The topological polar surface area (TPSA) is 99.1 Å². The van der Waals surface area contributed by atoms with Crippen LogP contribution in [-0.2, 0) is 16.1 Å². The van der Waals surface area contributed by atoms with Crippen LogP contribution in [0.1, 0.15) is 30.4 Å². The molecule has 0 saturated heterocycles. The van der Waals surface area contributed by atoms with Crippen molar-refractivity contribution >= 4 is 34.4 Å². The van der Waals surface area contributed by atoms with Gasteiger partial charge in [0.25, 0.3) is 0 Å². The molecular formula is C28H33IN2O5. The largest absolute Gasteiger partial charge is 0.482 e. The third kappa shape index (κ3) is 7.41. The fraction of sp³-hybridized carbons (Fsp3) is 0.357. The lowest BCUT2D eigenvalue weighted by Gasteiger charge is -2.40. The highest BCUT2D eigenvalue weighted by atomic mass is 127. The first-order chi connectivity index (χ1) is 17.3. The van der Waals surface area contributed by atoms with Crippen LogP contribution < -0.4 is 10.1 Å². The fourth-order valence-electron chi connectivity index (χ4n) is 4.12. The van der Waals surface area contributed by atoms with Gasteiger partial charge in [-0.1, -0.05) is 48.0 Å². The number of aliphatic hydroxyl groups is 2. The maximum absolute atomic E-state index is 13.4. The standard InChI is InChI=1S/C28H33IN2O5/c1-3-4-9-26(33)31(18-20-12-10-19(2)11-13-20)23-16-21(28(35)30-14-15-32)17-25(27(23)34)36-24-8-6-5-7-22(24)29/h3,5-8,10-13,17,23,25,27,32,34H,1,4,9,14-16,18H2,2H3,(H,30,35). The van der Waals surface area contributed by atoms with Crippen molar-refractivity contribution in [3.05, 3.63) is 87.5 Å². The van der Waals surface area contributed by atoms with Gasteiger partial charge in [0, 0.05) is 31.5 Å². The van der Waals surface area contributed by atoms with E-state index in [1.807, 2.05) is 49.4 Å². The molecule has 192 valence electrons. The number of carbonyl (C=O) groups excluding carboxylic acids is 2. The zero-order valence-electron chi connectivity index (χ0n) is 20.4. The van der Waals surface area contributed by atoms with E-state index in [-0.39, 0.29) is 37.8 Å². The number of carbonyl (C=O) groups is 2. The monoisotopic (exact) mass is 604 g/mol. The Morgan fingerprint density at radius 1 is 1.22 bits per heavy atom. The van der Waals surface area contributed by atoms with Crippen LogP contribution in [0.25, 0.3) is 0 Å². The van der Waals surface area contributed by atoms with Crippen LogP contribution in [0.4, 0.5) is 0 Å². The van der Waals surface area contributed by atoms with Crippen LogP contribution in [-0.4, -0.2) is 58.3 Å². The number of nitrogens with one attached hydrogen (secondary N) is 1. The lowest BCUT2D eigenvalue weighted by atomic mass is 9.87. The summed E-state index contributed by atoms with van der Waals surface area (Å²) in [5.74, 6) is 0.0907. The number of nitrogens with zero attached hydrogens (tertiary/aromatic N) is 1. The van der Waals surface area contributed by atoms with Gasteiger partial charge in [0.2, 0.25) is 11.8 Å². The first kappa shape index (κ1) is 27.9. The Morgan fingerprint density at radius 3 is 2.61 bits per heavy atom. The lowest BCUT2D eigenvalue weighted by molar-refractivity contribution is -0.139. The van der Waals surface area contributed by atoms with Crippen LogP contribution >= 0.6 is 22.6 Å². The van der Waals surface area contributed by atoms with Gasteiger partial charge in [-0.15, -0.1) is 6.58 Å². The number of rotatable bonds is 11. The molecule has 7 nitrogen and oxygen atoms in total. The minimum absolute atomic E-state index is 0.108. The number of benzene rings is 2. The van der Waals surface area contributed by atoms with Crippen LogP contribution in [0.5, 0.6) is 5.75 Å². The Labute approximate surface area is 226 Å². The quantitative estimate of drug-likeness (QED) is 0.270. The molecule has 0 saturated carbocycles. The smallest absolute Gasteiger partial charge is 0.247 e. The van der Waals surface area contributed by atoms with E-state index in [1.165, 1.54) is 0 Å². The molecule has 0 fully saturated rings. The molecule has 2 aromatic rings. The Morgan fingerprint density at radius 2 is 1.94 bits per heavy atom. The Kier molecular flexibility index (Phi) is 10.5. The van der Waals surface area contributed by atoms with Crippen molar-refractivity contribution in [1.82, 2.24) is 10.2 Å². The van der Waals surface area contributed by atoms with Crippen molar-refractivity contribution in [1.29, 1.82) is 0 Å². The molecule has 0 spiro atoms. The zero-order chi connectivity index (χ0) is 26.1. The minimum Gasteiger partial charge on any atom is -0.482 e. The SMILES string of the molecule is C=CCCC(=O)N(Cc1ccc(C)cc1)C1CC(C(=O)NCCO)=CC(Oc2ccccc2I)C1O. The van der Waals surface area contributed by atoms with E-state index < -0.39 is 18.2 Å². The molecule has 1 aliphatic rings. The van der Waals surface area contributed by atoms with Crippen molar-refractivity contribution in [3.8, 4) is 5.75 Å². The molecule has 3 atom stereocenters. The van der Waals surface area contributed by atoms with E-state index in [1.54, 1.807) is 23.1 Å². The third-order valence-electron chi connectivity index (χ3n) is 6.07. The summed E-state index contributed by atoms with van der Waals surface area (Å²) in [6.45, 7) is 5.93. The first-order valence-corrected chi connectivity index (χ1v) is 13.1. The molecule has 36 heavy (non-hydrogen) atoms. The maximum Gasteiger partial charge on any atom is 0.247 e. The number of para-hydroxylation sites is 1. The Hall–Kier alpha value is -2.69. The predicted octanol–water partition coefficient (Wildman–Crippen LogP) is 3.51. The molecule has 1 aliphatic carbocycles. The predicted molar refractivity (Wildman–Crippen MR) is 147 cm³/mol. The average Bonchev–Trinajstić information content (AvgIpc) is 2.88. The van der Waals surface area contributed by atoms with Crippen LogP contribution in [0.15, 0.2) is 72.8 Å². The Balaban J connectivity index is 1.96. The van der Waals surface area contributed by atoms with Gasteiger partial charge in [-0.05, 0) is 59.7 Å². The second-order valence-electron chi connectivity index (χ2n) is 8.78. The molecule has 0 aromatic heterocycles. The third-order valence-corrected chi connectivity index (χ3v) is 6.96. The summed E-state index contributed by atoms with van der Waals surface area (Å²) in [6, 6.07) is 14.6. The molecule has 0 aliphatic heterocycles. The van der Waals surface area contributed by atoms with E-state index in [4.69, 9.17) is 9.84 Å². The van der Waals surface area contributed by atoms with Gasteiger partial charge in [0.15, 0.2) is 0 Å². The van der Waals surface area contributed by atoms with Gasteiger partial charge < -0.3 is 25.2 Å². The fourth-order valence-corrected chi connectivity index (χ4v) is 4.63. The summed E-state index contributed by atoms with van der Waals surface area (Å²) in [7, 11) is 0. The minimum atomic E-state index is -1.06. The number of allylic oxidation sites excluding steroid dienone is 1. The van der Waals surface area contributed by atoms with E-state index >= 15 is 0 Å². The molecule has 2 aromatic carbocycles. The Bertz CT molecular complexity index is 1090. The molecule has 3 N–H and O–H groups in total. The number of hydrogen-bond donors (Lipinski definition) is 3. The summed E-state index contributed by atoms with van der Waals surface area (Å²) < 4.78 is 7.04. The zero-order valence-corrected chi connectivity index (χ0v) is 22.6. The summed E-state index contributed by atoms with van der Waals surface area (Å²) >= 11 is 2.15. The maximum atomic E-state index is 13.4. The summed E-state index contributed by atoms with van der Waals surface area (Å²) in [5, 5.41) is 23.3. The van der Waals surface area contributed by atoms with Gasteiger partial charge in [0.1, 0.15) is 18.0 Å². The normalized spacial score (nSPS) is 19.2. The number of ether oxygens (including phenoxy) is 1. The van der Waals surface area contributed by atoms with Gasteiger partial charge in [-0.3, -0.25) is 9.59 Å². The molecule has 3 rings (SSSR count). The van der Waals surface area contributed by atoms with Crippen molar-refractivity contribution < 1.29 is 24.5 Å². The molecule has 0 heterocycles. The molecule has 0 bridgehead atoms. The molecule has 3 unspecified atom stereocenters. The van der Waals surface area contributed by atoms with E-state index in [0.717, 1.165) is 14.7 Å². The number of aryl methyl sites for hydroxylation is 1. The van der Waals surface area contributed by atoms with Gasteiger partial charge in [0.05, 0.1) is 16.2 Å². The van der Waals surface area contributed by atoms with E-state index in [9.17, 15) is 14.7 Å². The summed E-state index contributed by atoms with van der Waals surface area (Å²) in [4.78, 5) is 27.9. The van der Waals surface area contributed by atoms with Gasteiger partial charge in [-0.2, -0.15) is 0 Å². The molecule has 8 heteroatoms. The van der Waals surface area contributed by atoms with Crippen molar-refractivity contribution in [2.45, 2.75) is 51.0 Å². The van der Waals surface area contributed by atoms with Crippen molar-refractivity contribution in [2.24, 2.45) is 0 Å². The highest BCUT2D eigenvalue weighted by Gasteiger charge is 2.40. The molecule has 0 radical (unpaired) electrons. The van der Waals surface area contributed by atoms with E-state index in [2.05, 4.69) is 34.5 Å². The van der Waals surface area contributed by atoms with Crippen LogP contribution in [0.2, 0.25) is 0 Å². The van der Waals surface area contributed by atoms with Gasteiger partial charge in [-0.25, -0.2) is 0 Å². The summed E-state index contributed by atoms with van der Waals surface area (Å²) in [6.07, 6.45) is 2.32. The molecule has 2 amide bonds. The lowest BCUT2D eigenvalue weighted by Crippen LogP contribution is -2.54. The first-order valence-electron chi connectivity index (χ1n) is 12.0. The van der Waals surface area contributed by atoms with Crippen LogP contribution in [0.3, 0.4) is 0 Å². The number of aliphatic hydroxyl groups excluding tert-OH is 2. The van der Waals surface area contributed by atoms with Crippen molar-refractivity contribution in [2.75, 3.05) is 13.2 Å². The highest BCUT2D eigenvalue weighted by molar-refractivity contribution is 14.1. The number of halogens is 1. The van der Waals surface area contributed by atoms with Crippen molar-refractivity contribution in [3.63, 3.8) is 0 Å². The second kappa shape index (κ2) is 13.6. The highest BCUT2D eigenvalue weighted by Crippen LogP contribution is 2.30. The number of hydrogen-bond acceptors (Lipinski definition) is 5. The second-order valence-corrected chi connectivity index (χ2v) is 9.94. The average molecular weight is 604 g/mol. The number of amides is 2. The van der Waals surface area contributed by atoms with E-state index in [0.29, 0.717) is 24.3 Å². The molecular weight excluding hydrogens is 571 g/mol. The van der Waals surface area contributed by atoms with Gasteiger partial charge >= 0.3 is 0 Å². The summed E-state index contributed by atoms with van der Waals surface area (Å²) in [5.41, 5.74) is 2.44.